The topological polar surface area (TPSA) is 135 Å². The predicted molar refractivity (Wildman–Crippen MR) is 116 cm³/mol. The van der Waals surface area contributed by atoms with E-state index < -0.39 is 10.8 Å². The highest BCUT2D eigenvalue weighted by molar-refractivity contribution is 7.15. The summed E-state index contributed by atoms with van der Waals surface area (Å²) in [6.07, 6.45) is 3.11. The van der Waals surface area contributed by atoms with E-state index in [2.05, 4.69) is 15.5 Å². The van der Waals surface area contributed by atoms with Crippen molar-refractivity contribution in [1.29, 1.82) is 0 Å². The van der Waals surface area contributed by atoms with E-state index >= 15 is 0 Å². The molecule has 4 rings (SSSR count). The first-order chi connectivity index (χ1) is 15.4. The number of amides is 3. The molecule has 2 aromatic carbocycles. The molecule has 160 valence electrons. The number of nitrogens with one attached hydrogen (secondary N) is 1. The summed E-state index contributed by atoms with van der Waals surface area (Å²) in [6.45, 7) is 0.162. The zero-order valence-electron chi connectivity index (χ0n) is 16.4. The third-order valence-corrected chi connectivity index (χ3v) is 5.55. The average Bonchev–Trinajstić information content (AvgIpc) is 3.33. The van der Waals surface area contributed by atoms with Gasteiger partial charge in [-0.25, -0.2) is 0 Å². The highest BCUT2D eigenvalue weighted by atomic mass is 32.1. The Morgan fingerprint density at radius 3 is 2.34 bits per heavy atom. The average molecular weight is 449 g/mol. The number of rotatable bonds is 7. The van der Waals surface area contributed by atoms with Crippen molar-refractivity contribution >= 4 is 46.0 Å². The van der Waals surface area contributed by atoms with Crippen LogP contribution in [0, 0.1) is 10.1 Å². The van der Waals surface area contributed by atoms with Crippen LogP contribution in [-0.2, 0) is 11.2 Å². The van der Waals surface area contributed by atoms with Gasteiger partial charge in [-0.2, -0.15) is 0 Å². The van der Waals surface area contributed by atoms with Crippen molar-refractivity contribution in [3.05, 3.63) is 86.4 Å². The van der Waals surface area contributed by atoms with E-state index in [9.17, 15) is 24.5 Å². The number of aromatic nitrogens is 2. The second-order valence-corrected chi connectivity index (χ2v) is 7.79. The maximum absolute atomic E-state index is 12.4. The molecule has 1 aliphatic heterocycles. The van der Waals surface area contributed by atoms with Gasteiger partial charge in [-0.1, -0.05) is 23.5 Å². The van der Waals surface area contributed by atoms with E-state index in [0.29, 0.717) is 28.1 Å². The molecule has 0 saturated carbocycles. The monoisotopic (exact) mass is 449 g/mol. The van der Waals surface area contributed by atoms with Crippen molar-refractivity contribution in [1.82, 2.24) is 15.1 Å². The number of nitro benzene ring substituents is 1. The molecular weight excluding hydrogens is 434 g/mol. The summed E-state index contributed by atoms with van der Waals surface area (Å²) in [7, 11) is 0. The summed E-state index contributed by atoms with van der Waals surface area (Å²) in [6, 6.07) is 12.4. The van der Waals surface area contributed by atoms with Crippen LogP contribution in [0.4, 0.5) is 10.8 Å². The lowest BCUT2D eigenvalue weighted by Crippen LogP contribution is -2.31. The van der Waals surface area contributed by atoms with E-state index in [-0.39, 0.29) is 29.2 Å². The Balaban J connectivity index is 1.31. The number of hydrogen-bond donors (Lipinski definition) is 1. The SMILES string of the molecule is O=C(/C=C/c1ccc([N+](=O)[O-])cc1)Nc1nnc(CCN2C(=O)c3ccccc3C2=O)s1. The predicted octanol–water partition coefficient (Wildman–Crippen LogP) is 2.94. The minimum absolute atomic E-state index is 0.0331. The molecule has 0 radical (unpaired) electrons. The van der Waals surface area contributed by atoms with Crippen molar-refractivity contribution in [2.24, 2.45) is 0 Å². The van der Waals surface area contributed by atoms with Gasteiger partial charge in [0.25, 0.3) is 17.5 Å². The maximum atomic E-state index is 12.4. The highest BCUT2D eigenvalue weighted by Crippen LogP contribution is 2.23. The Morgan fingerprint density at radius 1 is 1.06 bits per heavy atom. The number of nitro groups is 1. The number of carbonyl (C=O) groups is 3. The molecule has 10 nitrogen and oxygen atoms in total. The van der Waals surface area contributed by atoms with Crippen LogP contribution in [0.3, 0.4) is 0 Å². The molecule has 0 bridgehead atoms. The van der Waals surface area contributed by atoms with Crippen LogP contribution in [0.1, 0.15) is 31.3 Å². The lowest BCUT2D eigenvalue weighted by atomic mass is 10.1. The van der Waals surface area contributed by atoms with Gasteiger partial charge in [0.2, 0.25) is 11.0 Å². The van der Waals surface area contributed by atoms with E-state index in [4.69, 9.17) is 0 Å². The van der Waals surface area contributed by atoms with Crippen molar-refractivity contribution in [2.75, 3.05) is 11.9 Å². The Labute approximate surface area is 185 Å². The fourth-order valence-electron chi connectivity index (χ4n) is 3.08. The number of non-ortho nitro benzene ring substituents is 1. The van der Waals surface area contributed by atoms with Crippen LogP contribution in [0.25, 0.3) is 6.08 Å². The molecule has 3 amide bonds. The quantitative estimate of drug-likeness (QED) is 0.253. The van der Waals surface area contributed by atoms with Gasteiger partial charge in [0.1, 0.15) is 5.01 Å². The van der Waals surface area contributed by atoms with Crippen LogP contribution in [-0.4, -0.2) is 44.3 Å². The lowest BCUT2D eigenvalue weighted by Gasteiger charge is -2.11. The largest absolute Gasteiger partial charge is 0.297 e. The number of imide groups is 1. The first kappa shape index (κ1) is 21.0. The first-order valence-electron chi connectivity index (χ1n) is 9.43. The Hall–Kier alpha value is -4.25. The second kappa shape index (κ2) is 8.86. The normalized spacial score (nSPS) is 12.9. The summed E-state index contributed by atoms with van der Waals surface area (Å²) >= 11 is 1.15. The molecule has 1 N–H and O–H groups in total. The summed E-state index contributed by atoms with van der Waals surface area (Å²) in [4.78, 5) is 48.2. The zero-order chi connectivity index (χ0) is 22.7. The van der Waals surface area contributed by atoms with Crippen LogP contribution >= 0.6 is 11.3 Å². The van der Waals surface area contributed by atoms with Gasteiger partial charge in [0.15, 0.2) is 0 Å². The third kappa shape index (κ3) is 4.42. The maximum Gasteiger partial charge on any atom is 0.269 e. The molecule has 32 heavy (non-hydrogen) atoms. The molecule has 11 heteroatoms. The van der Waals surface area contributed by atoms with E-state index in [0.717, 1.165) is 11.3 Å². The van der Waals surface area contributed by atoms with Crippen molar-refractivity contribution in [3.63, 3.8) is 0 Å². The van der Waals surface area contributed by atoms with Gasteiger partial charge in [0.05, 0.1) is 16.1 Å². The van der Waals surface area contributed by atoms with E-state index in [1.165, 1.54) is 41.3 Å². The number of hydrogen-bond acceptors (Lipinski definition) is 8. The molecule has 1 aliphatic rings. The second-order valence-electron chi connectivity index (χ2n) is 6.73. The number of nitrogens with zero attached hydrogens (tertiary/aromatic N) is 4. The van der Waals surface area contributed by atoms with Crippen molar-refractivity contribution < 1.29 is 19.3 Å². The molecule has 0 spiro atoms. The van der Waals surface area contributed by atoms with Crippen molar-refractivity contribution in [2.45, 2.75) is 6.42 Å². The third-order valence-electron chi connectivity index (χ3n) is 4.66. The molecule has 0 aliphatic carbocycles. The summed E-state index contributed by atoms with van der Waals surface area (Å²) in [5.74, 6) is -1.11. The molecular formula is C21H15N5O5S. The minimum Gasteiger partial charge on any atom is -0.297 e. The molecule has 2 heterocycles. The first-order valence-corrected chi connectivity index (χ1v) is 10.2. The highest BCUT2D eigenvalue weighted by Gasteiger charge is 2.34. The molecule has 0 fully saturated rings. The summed E-state index contributed by atoms with van der Waals surface area (Å²) in [5.41, 5.74) is 1.38. The van der Waals surface area contributed by atoms with Gasteiger partial charge >= 0.3 is 0 Å². The van der Waals surface area contributed by atoms with Crippen LogP contribution < -0.4 is 5.32 Å². The zero-order valence-corrected chi connectivity index (χ0v) is 17.2. The van der Waals surface area contributed by atoms with E-state index in [1.54, 1.807) is 24.3 Å². The molecule has 3 aromatic rings. The Bertz CT molecular complexity index is 1220. The van der Waals surface area contributed by atoms with Gasteiger partial charge in [-0.3, -0.25) is 34.7 Å². The van der Waals surface area contributed by atoms with Gasteiger partial charge in [0, 0.05) is 31.2 Å². The number of anilines is 1. The van der Waals surface area contributed by atoms with Crippen molar-refractivity contribution in [3.8, 4) is 0 Å². The summed E-state index contributed by atoms with van der Waals surface area (Å²) in [5, 5.41) is 22.0. The van der Waals surface area contributed by atoms with Crippen LogP contribution in [0.5, 0.6) is 0 Å². The Morgan fingerprint density at radius 2 is 1.72 bits per heavy atom. The molecule has 0 atom stereocenters. The molecule has 1 aromatic heterocycles. The number of fused-ring (bicyclic) bond motifs is 1. The van der Waals surface area contributed by atoms with Gasteiger partial charge in [-0.15, -0.1) is 10.2 Å². The summed E-state index contributed by atoms with van der Waals surface area (Å²) < 4.78 is 0. The Kier molecular flexibility index (Phi) is 5.81. The fraction of sp³-hybridized carbons (Fsp3) is 0.0952. The fourth-order valence-corrected chi connectivity index (χ4v) is 3.81. The lowest BCUT2D eigenvalue weighted by molar-refractivity contribution is -0.384. The standard InChI is InChI=1S/C21H15N5O5S/c27-17(10-7-13-5-8-14(9-6-13)26(30)31)22-21-24-23-18(32-21)11-12-25-19(28)15-3-1-2-4-16(15)20(25)29/h1-10H,11-12H2,(H,22,24,27)/b10-7+. The number of benzene rings is 2. The molecule has 0 saturated heterocycles. The minimum atomic E-state index is -0.498. The van der Waals surface area contributed by atoms with Crippen LogP contribution in [0.2, 0.25) is 0 Å². The number of carbonyl (C=O) groups excluding carboxylic acids is 3. The van der Waals surface area contributed by atoms with E-state index in [1.807, 2.05) is 0 Å². The van der Waals surface area contributed by atoms with Gasteiger partial charge in [-0.05, 0) is 35.9 Å². The van der Waals surface area contributed by atoms with Crippen LogP contribution in [0.15, 0.2) is 54.6 Å². The molecule has 0 unspecified atom stereocenters. The smallest absolute Gasteiger partial charge is 0.269 e. The van der Waals surface area contributed by atoms with Gasteiger partial charge < -0.3 is 0 Å².